The van der Waals surface area contributed by atoms with Gasteiger partial charge in [-0.15, -0.1) is 0 Å². The Balaban J connectivity index is 2.62. The summed E-state index contributed by atoms with van der Waals surface area (Å²) in [5, 5.41) is 11.7. The van der Waals surface area contributed by atoms with Crippen LogP contribution in [0.25, 0.3) is 0 Å². The van der Waals surface area contributed by atoms with E-state index in [2.05, 4.69) is 10.5 Å². The van der Waals surface area contributed by atoms with Crippen LogP contribution in [0.1, 0.15) is 17.5 Å². The number of amides is 1. The Labute approximate surface area is 101 Å². The van der Waals surface area contributed by atoms with Crippen LogP contribution in [0.4, 0.5) is 13.2 Å². The molecule has 1 amide bonds. The Morgan fingerprint density at radius 2 is 2.00 bits per heavy atom. The Morgan fingerprint density at radius 1 is 1.39 bits per heavy atom. The zero-order chi connectivity index (χ0) is 13.6. The third-order valence-electron chi connectivity index (χ3n) is 1.88. The van der Waals surface area contributed by atoms with Crippen LogP contribution >= 0.6 is 0 Å². The summed E-state index contributed by atoms with van der Waals surface area (Å²) >= 11 is 0. The molecular formula is C11H8F3N3O. The number of hydrazone groups is 1. The molecule has 0 unspecified atom stereocenters. The number of nitriles is 1. The molecule has 0 aliphatic carbocycles. The van der Waals surface area contributed by atoms with E-state index in [4.69, 9.17) is 5.26 Å². The Hall–Kier alpha value is -2.36. The highest BCUT2D eigenvalue weighted by molar-refractivity contribution is 5.83. The molecule has 7 heteroatoms. The molecule has 0 aliphatic heterocycles. The van der Waals surface area contributed by atoms with E-state index in [1.54, 1.807) is 6.07 Å². The molecule has 1 N–H and O–H groups in total. The van der Waals surface area contributed by atoms with Gasteiger partial charge in [0.1, 0.15) is 6.42 Å². The number of benzene rings is 1. The van der Waals surface area contributed by atoms with Crippen molar-refractivity contribution in [3.63, 3.8) is 0 Å². The maximum absolute atomic E-state index is 12.2. The summed E-state index contributed by atoms with van der Waals surface area (Å²) < 4.78 is 36.7. The van der Waals surface area contributed by atoms with Gasteiger partial charge < -0.3 is 0 Å². The van der Waals surface area contributed by atoms with Gasteiger partial charge in [0.15, 0.2) is 0 Å². The van der Waals surface area contributed by atoms with Crippen LogP contribution in [0, 0.1) is 11.3 Å². The van der Waals surface area contributed by atoms with Crippen molar-refractivity contribution in [3.05, 3.63) is 35.4 Å². The van der Waals surface area contributed by atoms with Gasteiger partial charge in [-0.25, -0.2) is 5.43 Å². The third-order valence-corrected chi connectivity index (χ3v) is 1.88. The van der Waals surface area contributed by atoms with E-state index in [-0.39, 0.29) is 6.42 Å². The van der Waals surface area contributed by atoms with Crippen LogP contribution in [0.3, 0.4) is 0 Å². The molecule has 0 saturated carbocycles. The predicted molar refractivity (Wildman–Crippen MR) is 57.4 cm³/mol. The molecule has 18 heavy (non-hydrogen) atoms. The number of carbonyl (C=O) groups excluding carboxylic acids is 1. The minimum atomic E-state index is -4.38. The van der Waals surface area contributed by atoms with E-state index in [1.807, 2.05) is 0 Å². The van der Waals surface area contributed by atoms with Crippen LogP contribution in [0.5, 0.6) is 0 Å². The summed E-state index contributed by atoms with van der Waals surface area (Å²) in [6, 6.07) is 5.91. The normalized spacial score (nSPS) is 11.2. The third kappa shape index (κ3) is 4.25. The lowest BCUT2D eigenvalue weighted by molar-refractivity contribution is -0.137. The van der Waals surface area contributed by atoms with Gasteiger partial charge >= 0.3 is 6.18 Å². The SMILES string of the molecule is N#CCC(=O)N/N=C\c1ccc(C(F)(F)F)cc1. The zero-order valence-electron chi connectivity index (χ0n) is 9.03. The smallest absolute Gasteiger partial charge is 0.272 e. The first-order chi connectivity index (χ1) is 8.43. The second kappa shape index (κ2) is 5.82. The van der Waals surface area contributed by atoms with Crippen LogP contribution in [0.15, 0.2) is 29.4 Å². The van der Waals surface area contributed by atoms with Crippen molar-refractivity contribution >= 4 is 12.1 Å². The van der Waals surface area contributed by atoms with E-state index in [9.17, 15) is 18.0 Å². The van der Waals surface area contributed by atoms with Crippen molar-refractivity contribution in [2.24, 2.45) is 5.10 Å². The zero-order valence-corrected chi connectivity index (χ0v) is 9.03. The minimum absolute atomic E-state index is 0.329. The molecule has 0 heterocycles. The fourth-order valence-electron chi connectivity index (χ4n) is 1.05. The van der Waals surface area contributed by atoms with Gasteiger partial charge in [0.05, 0.1) is 17.8 Å². The molecule has 0 atom stereocenters. The number of rotatable bonds is 3. The molecule has 4 nitrogen and oxygen atoms in total. The van der Waals surface area contributed by atoms with Crippen molar-refractivity contribution in [2.45, 2.75) is 12.6 Å². The predicted octanol–water partition coefficient (Wildman–Crippen LogP) is 2.07. The number of hydrogen-bond acceptors (Lipinski definition) is 3. The summed E-state index contributed by atoms with van der Waals surface area (Å²) in [7, 11) is 0. The van der Waals surface area contributed by atoms with Gasteiger partial charge in [-0.05, 0) is 17.7 Å². The molecule has 0 radical (unpaired) electrons. The lowest BCUT2D eigenvalue weighted by Crippen LogP contribution is -2.16. The lowest BCUT2D eigenvalue weighted by Gasteiger charge is -2.05. The topological polar surface area (TPSA) is 65.2 Å². The molecule has 94 valence electrons. The van der Waals surface area contributed by atoms with Gasteiger partial charge in [0, 0.05) is 0 Å². The van der Waals surface area contributed by atoms with Crippen LogP contribution < -0.4 is 5.43 Å². The molecule has 0 saturated heterocycles. The maximum Gasteiger partial charge on any atom is 0.416 e. The molecular weight excluding hydrogens is 247 g/mol. The van der Waals surface area contributed by atoms with E-state index >= 15 is 0 Å². The average Bonchev–Trinajstić information content (AvgIpc) is 2.29. The highest BCUT2D eigenvalue weighted by Gasteiger charge is 2.29. The van der Waals surface area contributed by atoms with Crippen molar-refractivity contribution < 1.29 is 18.0 Å². The van der Waals surface area contributed by atoms with Gasteiger partial charge in [-0.1, -0.05) is 12.1 Å². The summed E-state index contributed by atoms with van der Waals surface area (Å²) in [6.07, 6.45) is -3.52. The summed E-state index contributed by atoms with van der Waals surface area (Å²) in [5.41, 5.74) is 1.71. The molecule has 1 rings (SSSR count). The van der Waals surface area contributed by atoms with Crippen LogP contribution in [-0.4, -0.2) is 12.1 Å². The maximum atomic E-state index is 12.2. The number of hydrogen-bond donors (Lipinski definition) is 1. The van der Waals surface area contributed by atoms with Crippen molar-refractivity contribution in [3.8, 4) is 6.07 Å². The van der Waals surface area contributed by atoms with Gasteiger partial charge in [-0.3, -0.25) is 4.79 Å². The van der Waals surface area contributed by atoms with Gasteiger partial charge in [0.2, 0.25) is 0 Å². The van der Waals surface area contributed by atoms with E-state index < -0.39 is 17.6 Å². The molecule has 0 bridgehead atoms. The first-order valence-corrected chi connectivity index (χ1v) is 4.79. The largest absolute Gasteiger partial charge is 0.416 e. The number of alkyl halides is 3. The van der Waals surface area contributed by atoms with Gasteiger partial charge in [-0.2, -0.15) is 23.5 Å². The highest BCUT2D eigenvalue weighted by atomic mass is 19.4. The second-order valence-electron chi connectivity index (χ2n) is 3.25. The molecule has 1 aromatic rings. The molecule has 0 fully saturated rings. The van der Waals surface area contributed by atoms with Crippen molar-refractivity contribution in [2.75, 3.05) is 0 Å². The summed E-state index contributed by atoms with van der Waals surface area (Å²) in [6.45, 7) is 0. The quantitative estimate of drug-likeness (QED) is 0.663. The lowest BCUT2D eigenvalue weighted by atomic mass is 10.1. The first kappa shape index (κ1) is 13.7. The van der Waals surface area contributed by atoms with E-state index in [0.717, 1.165) is 12.1 Å². The molecule has 0 spiro atoms. The second-order valence-corrected chi connectivity index (χ2v) is 3.25. The monoisotopic (exact) mass is 255 g/mol. The van der Waals surface area contributed by atoms with E-state index in [0.29, 0.717) is 5.56 Å². The Morgan fingerprint density at radius 3 is 2.50 bits per heavy atom. The Bertz CT molecular complexity index is 486. The summed E-state index contributed by atoms with van der Waals surface area (Å²) in [5.74, 6) is -0.583. The van der Waals surface area contributed by atoms with Crippen LogP contribution in [0.2, 0.25) is 0 Å². The standard InChI is InChI=1S/C11H8F3N3O/c12-11(13,14)9-3-1-8(2-4-9)7-16-17-10(18)5-6-15/h1-4,7H,5H2,(H,17,18)/b16-7-. The van der Waals surface area contributed by atoms with Crippen LogP contribution in [-0.2, 0) is 11.0 Å². The first-order valence-electron chi connectivity index (χ1n) is 4.79. The molecule has 0 aromatic heterocycles. The number of nitrogens with one attached hydrogen (secondary N) is 1. The fraction of sp³-hybridized carbons (Fsp3) is 0.182. The number of halogens is 3. The summed E-state index contributed by atoms with van der Waals surface area (Å²) in [4.78, 5) is 10.8. The fourth-order valence-corrected chi connectivity index (χ4v) is 1.05. The number of nitrogens with zero attached hydrogens (tertiary/aromatic N) is 2. The molecule has 1 aromatic carbocycles. The average molecular weight is 255 g/mol. The highest BCUT2D eigenvalue weighted by Crippen LogP contribution is 2.28. The van der Waals surface area contributed by atoms with Crippen molar-refractivity contribution in [1.82, 2.24) is 5.43 Å². The van der Waals surface area contributed by atoms with Crippen molar-refractivity contribution in [1.29, 1.82) is 5.26 Å². The number of carbonyl (C=O) groups is 1. The van der Waals surface area contributed by atoms with Gasteiger partial charge in [0.25, 0.3) is 5.91 Å². The minimum Gasteiger partial charge on any atom is -0.272 e. The molecule has 0 aliphatic rings. The Kier molecular flexibility index (Phi) is 4.43. The van der Waals surface area contributed by atoms with E-state index in [1.165, 1.54) is 18.3 Å².